The first-order valence-corrected chi connectivity index (χ1v) is 9.68. The van der Waals surface area contributed by atoms with E-state index in [1.165, 1.54) is 16.0 Å². The van der Waals surface area contributed by atoms with Crippen molar-refractivity contribution in [2.24, 2.45) is 0 Å². The van der Waals surface area contributed by atoms with E-state index in [0.29, 0.717) is 17.6 Å². The fourth-order valence-corrected chi connectivity index (χ4v) is 4.33. The Morgan fingerprint density at radius 3 is 2.64 bits per heavy atom. The number of hydrogen-bond donors (Lipinski definition) is 0. The molecule has 2 aromatic carbocycles. The third kappa shape index (κ3) is 4.71. The zero-order valence-corrected chi connectivity index (χ0v) is 15.9. The van der Waals surface area contributed by atoms with Crippen LogP contribution in [0, 0.1) is 0 Å². The molecule has 0 N–H and O–H groups in total. The second kappa shape index (κ2) is 8.15. The highest BCUT2D eigenvalue weighted by atomic mass is 35.5. The van der Waals surface area contributed by atoms with Crippen molar-refractivity contribution in [3.63, 3.8) is 0 Å². The van der Waals surface area contributed by atoms with Crippen LogP contribution in [0.25, 0.3) is 0 Å². The molecule has 3 rings (SSSR count). The molecule has 0 heterocycles. The first-order valence-electron chi connectivity index (χ1n) is 8.42. The van der Waals surface area contributed by atoms with Crippen LogP contribution < -0.4 is 4.74 Å². The van der Waals surface area contributed by atoms with E-state index < -0.39 is 6.10 Å². The fourth-order valence-electron chi connectivity index (χ4n) is 2.93. The van der Waals surface area contributed by atoms with Gasteiger partial charge in [0.25, 0.3) is 0 Å². The van der Waals surface area contributed by atoms with Gasteiger partial charge in [-0.1, -0.05) is 17.7 Å². The Hall–Kier alpha value is -1.65. The average molecular weight is 377 g/mol. The molecule has 0 radical (unpaired) electrons. The molecule has 0 spiro atoms. The van der Waals surface area contributed by atoms with Crippen LogP contribution in [0.5, 0.6) is 5.75 Å². The molecular formula is C20H21ClO3S. The number of thioether (sulfide) groups is 1. The molecule has 3 nitrogen and oxygen atoms in total. The molecule has 0 aromatic heterocycles. The topological polar surface area (TPSA) is 35.5 Å². The number of rotatable bonds is 6. The van der Waals surface area contributed by atoms with Crippen LogP contribution in [0.3, 0.4) is 0 Å². The van der Waals surface area contributed by atoms with Crippen LogP contribution in [0.4, 0.5) is 0 Å². The maximum atomic E-state index is 11.6. The lowest BCUT2D eigenvalue weighted by atomic mass is 10.1. The molecule has 5 heteroatoms. The summed E-state index contributed by atoms with van der Waals surface area (Å²) in [5.74, 6) is 0.328. The molecule has 1 aliphatic carbocycles. The summed E-state index contributed by atoms with van der Waals surface area (Å²) in [7, 11) is 0. The highest BCUT2D eigenvalue weighted by Crippen LogP contribution is 2.36. The number of benzene rings is 2. The quantitative estimate of drug-likeness (QED) is 0.669. The Balaban J connectivity index is 1.56. The molecule has 1 aliphatic rings. The third-order valence-electron chi connectivity index (χ3n) is 4.12. The van der Waals surface area contributed by atoms with Gasteiger partial charge in [-0.2, -0.15) is 0 Å². The van der Waals surface area contributed by atoms with Crippen molar-refractivity contribution in [1.29, 1.82) is 0 Å². The van der Waals surface area contributed by atoms with Gasteiger partial charge in [0, 0.05) is 15.2 Å². The van der Waals surface area contributed by atoms with Crippen LogP contribution in [-0.4, -0.2) is 23.9 Å². The highest BCUT2D eigenvalue weighted by Gasteiger charge is 2.22. The Kier molecular flexibility index (Phi) is 5.92. The normalized spacial score (nSPS) is 17.0. The standard InChI is InChI=1S/C20H21ClO3S/c1-3-23-20(22)13(2)24-17-6-8-18(9-7-17)25-19-11-14-4-5-16(21)10-15(14)12-19/h4-10,13,19H,3,11-12H2,1-2H3. The van der Waals surface area contributed by atoms with Gasteiger partial charge in [-0.15, -0.1) is 11.8 Å². The number of carbonyl (C=O) groups is 1. The van der Waals surface area contributed by atoms with Crippen LogP contribution >= 0.6 is 23.4 Å². The van der Waals surface area contributed by atoms with E-state index in [-0.39, 0.29) is 5.97 Å². The predicted octanol–water partition coefficient (Wildman–Crippen LogP) is 4.93. The van der Waals surface area contributed by atoms with Gasteiger partial charge in [-0.25, -0.2) is 4.79 Å². The van der Waals surface area contributed by atoms with Crippen LogP contribution in [0.1, 0.15) is 25.0 Å². The minimum atomic E-state index is -0.604. The largest absolute Gasteiger partial charge is 0.479 e. The Bertz CT molecular complexity index is 745. The molecule has 0 aliphatic heterocycles. The van der Waals surface area contributed by atoms with Gasteiger partial charge < -0.3 is 9.47 Å². The maximum absolute atomic E-state index is 11.6. The first kappa shape index (κ1) is 18.2. The summed E-state index contributed by atoms with van der Waals surface area (Å²) >= 11 is 7.94. The van der Waals surface area contributed by atoms with Gasteiger partial charge >= 0.3 is 5.97 Å². The summed E-state index contributed by atoms with van der Waals surface area (Å²) < 4.78 is 10.6. The van der Waals surface area contributed by atoms with Crippen molar-refractivity contribution in [2.75, 3.05) is 6.61 Å². The SMILES string of the molecule is CCOC(=O)C(C)Oc1ccc(SC2Cc3ccc(Cl)cc3C2)cc1. The molecule has 25 heavy (non-hydrogen) atoms. The van der Waals surface area contributed by atoms with Crippen molar-refractivity contribution < 1.29 is 14.3 Å². The monoisotopic (exact) mass is 376 g/mol. The summed E-state index contributed by atoms with van der Waals surface area (Å²) in [6.45, 7) is 3.84. The van der Waals surface area contributed by atoms with Crippen molar-refractivity contribution in [1.82, 2.24) is 0 Å². The van der Waals surface area contributed by atoms with E-state index in [4.69, 9.17) is 21.1 Å². The lowest BCUT2D eigenvalue weighted by Crippen LogP contribution is -2.25. The second-order valence-corrected chi connectivity index (χ2v) is 7.85. The molecule has 2 unspecified atom stereocenters. The molecule has 0 amide bonds. The molecule has 0 saturated carbocycles. The van der Waals surface area contributed by atoms with Gasteiger partial charge in [0.1, 0.15) is 5.75 Å². The zero-order valence-electron chi connectivity index (χ0n) is 14.3. The summed E-state index contributed by atoms with van der Waals surface area (Å²) in [6, 6.07) is 14.0. The fraction of sp³-hybridized carbons (Fsp3) is 0.350. The number of fused-ring (bicyclic) bond motifs is 1. The molecule has 2 atom stereocenters. The van der Waals surface area contributed by atoms with Crippen molar-refractivity contribution in [3.05, 3.63) is 58.6 Å². The maximum Gasteiger partial charge on any atom is 0.347 e. The Labute approximate surface area is 157 Å². The molecule has 0 saturated heterocycles. The van der Waals surface area contributed by atoms with E-state index >= 15 is 0 Å². The summed E-state index contributed by atoms with van der Waals surface area (Å²) in [5, 5.41) is 1.33. The van der Waals surface area contributed by atoms with E-state index in [2.05, 4.69) is 12.1 Å². The summed E-state index contributed by atoms with van der Waals surface area (Å²) in [4.78, 5) is 12.8. The van der Waals surface area contributed by atoms with E-state index in [9.17, 15) is 4.79 Å². The zero-order chi connectivity index (χ0) is 17.8. The van der Waals surface area contributed by atoms with Crippen LogP contribution in [0.15, 0.2) is 47.4 Å². The molecule has 0 bridgehead atoms. The molecular weight excluding hydrogens is 356 g/mol. The lowest BCUT2D eigenvalue weighted by Gasteiger charge is -2.14. The van der Waals surface area contributed by atoms with Gasteiger partial charge in [-0.3, -0.25) is 0 Å². The molecule has 0 fully saturated rings. The van der Waals surface area contributed by atoms with Gasteiger partial charge in [0.05, 0.1) is 6.61 Å². The number of esters is 1. The second-order valence-electron chi connectivity index (χ2n) is 6.04. The number of ether oxygens (including phenoxy) is 2. The summed E-state index contributed by atoms with van der Waals surface area (Å²) in [6.07, 6.45) is 1.50. The molecule has 132 valence electrons. The van der Waals surface area contributed by atoms with Gasteiger partial charge in [-0.05, 0) is 74.2 Å². The van der Waals surface area contributed by atoms with E-state index in [0.717, 1.165) is 17.9 Å². The van der Waals surface area contributed by atoms with Gasteiger partial charge in [0.2, 0.25) is 0 Å². The van der Waals surface area contributed by atoms with E-state index in [1.807, 2.05) is 42.1 Å². The Morgan fingerprint density at radius 2 is 1.92 bits per heavy atom. The number of hydrogen-bond acceptors (Lipinski definition) is 4. The van der Waals surface area contributed by atoms with Crippen LogP contribution in [-0.2, 0) is 22.4 Å². The van der Waals surface area contributed by atoms with Crippen molar-refractivity contribution in [3.8, 4) is 5.75 Å². The minimum Gasteiger partial charge on any atom is -0.479 e. The van der Waals surface area contributed by atoms with E-state index in [1.54, 1.807) is 13.8 Å². The summed E-state index contributed by atoms with van der Waals surface area (Å²) in [5.41, 5.74) is 2.75. The van der Waals surface area contributed by atoms with Crippen molar-refractivity contribution >= 4 is 29.3 Å². The van der Waals surface area contributed by atoms with Gasteiger partial charge in [0.15, 0.2) is 6.10 Å². The number of carbonyl (C=O) groups excluding carboxylic acids is 1. The van der Waals surface area contributed by atoms with Crippen molar-refractivity contribution in [2.45, 2.75) is 42.9 Å². The predicted molar refractivity (Wildman–Crippen MR) is 102 cm³/mol. The lowest BCUT2D eigenvalue weighted by molar-refractivity contribution is -0.150. The van der Waals surface area contributed by atoms with Crippen LogP contribution in [0.2, 0.25) is 5.02 Å². The minimum absolute atomic E-state index is 0.344. The average Bonchev–Trinajstić information content (AvgIpc) is 2.98. The molecule has 2 aromatic rings. The smallest absolute Gasteiger partial charge is 0.347 e. The first-order chi connectivity index (χ1) is 12.0. The third-order valence-corrected chi connectivity index (χ3v) is 5.57. The number of halogens is 1. The highest BCUT2D eigenvalue weighted by molar-refractivity contribution is 8.00. The Morgan fingerprint density at radius 1 is 1.20 bits per heavy atom.